The third-order valence-electron chi connectivity index (χ3n) is 5.29. The number of benzene rings is 1. The normalized spacial score (nSPS) is 15.4. The Kier molecular flexibility index (Phi) is 6.10. The molecule has 1 amide bonds. The van der Waals surface area contributed by atoms with Crippen molar-refractivity contribution < 1.29 is 9.53 Å². The summed E-state index contributed by atoms with van der Waals surface area (Å²) in [6.45, 7) is 6.41. The Morgan fingerprint density at radius 3 is 2.87 bits per heavy atom. The first-order valence-corrected chi connectivity index (χ1v) is 10.2. The van der Waals surface area contributed by atoms with E-state index < -0.39 is 6.09 Å². The fourth-order valence-corrected chi connectivity index (χ4v) is 3.64. The van der Waals surface area contributed by atoms with Crippen LogP contribution in [-0.4, -0.2) is 77.2 Å². The van der Waals surface area contributed by atoms with Gasteiger partial charge in [-0.25, -0.2) is 14.8 Å². The molecule has 4 rings (SSSR count). The van der Waals surface area contributed by atoms with Crippen LogP contribution >= 0.6 is 0 Å². The highest BCUT2D eigenvalue weighted by Gasteiger charge is 2.15. The van der Waals surface area contributed by atoms with Gasteiger partial charge in [-0.1, -0.05) is 6.07 Å². The minimum Gasteiger partial charge on any atom is -0.408 e. The van der Waals surface area contributed by atoms with Crippen LogP contribution in [0.15, 0.2) is 36.5 Å². The minimum atomic E-state index is -0.865. The summed E-state index contributed by atoms with van der Waals surface area (Å²) in [5.74, 6) is 1.75. The molecule has 3 heterocycles. The Bertz CT molecular complexity index is 1010. The zero-order valence-corrected chi connectivity index (χ0v) is 17.1. The third kappa shape index (κ3) is 4.69. The van der Waals surface area contributed by atoms with E-state index in [4.69, 9.17) is 10.5 Å². The van der Waals surface area contributed by atoms with Gasteiger partial charge in [0.1, 0.15) is 17.2 Å². The van der Waals surface area contributed by atoms with Gasteiger partial charge in [0.15, 0.2) is 5.75 Å². The van der Waals surface area contributed by atoms with E-state index in [1.807, 2.05) is 18.2 Å². The van der Waals surface area contributed by atoms with Crippen LogP contribution in [0.3, 0.4) is 0 Å². The summed E-state index contributed by atoms with van der Waals surface area (Å²) < 4.78 is 5.07. The van der Waals surface area contributed by atoms with E-state index in [9.17, 15) is 4.79 Å². The molecule has 9 nitrogen and oxygen atoms in total. The number of likely N-dealkylation sites (N-methyl/N-ethyl adjacent to an activating group) is 1. The van der Waals surface area contributed by atoms with Crippen LogP contribution in [-0.2, 0) is 0 Å². The van der Waals surface area contributed by atoms with E-state index in [1.165, 1.54) is 0 Å². The highest BCUT2D eigenvalue weighted by Crippen LogP contribution is 2.30. The number of hydrogen-bond acceptors (Lipinski definition) is 7. The monoisotopic (exact) mass is 409 g/mol. The van der Waals surface area contributed by atoms with Gasteiger partial charge in [-0.05, 0) is 44.3 Å². The van der Waals surface area contributed by atoms with Crippen LogP contribution in [0.2, 0.25) is 0 Å². The summed E-state index contributed by atoms with van der Waals surface area (Å²) in [4.78, 5) is 28.4. The number of H-pyrrole nitrogens is 1. The first-order chi connectivity index (χ1) is 14.6. The fourth-order valence-electron chi connectivity index (χ4n) is 3.64. The largest absolute Gasteiger partial charge is 0.410 e. The van der Waals surface area contributed by atoms with E-state index in [1.54, 1.807) is 18.3 Å². The number of ether oxygens (including phenoxy) is 1. The summed E-state index contributed by atoms with van der Waals surface area (Å²) in [6.07, 6.45) is 1.93. The molecule has 0 atom stereocenters. The van der Waals surface area contributed by atoms with Gasteiger partial charge in [0.05, 0.1) is 11.1 Å². The molecule has 0 aliphatic carbocycles. The first kappa shape index (κ1) is 20.1. The Morgan fingerprint density at radius 2 is 2.07 bits per heavy atom. The number of imidazole rings is 1. The van der Waals surface area contributed by atoms with Crippen molar-refractivity contribution in [1.82, 2.24) is 24.8 Å². The van der Waals surface area contributed by atoms with Crippen LogP contribution in [0, 0.1) is 0 Å². The van der Waals surface area contributed by atoms with Gasteiger partial charge >= 0.3 is 6.09 Å². The maximum absolute atomic E-state index is 11.2. The van der Waals surface area contributed by atoms with E-state index in [0.29, 0.717) is 17.1 Å². The molecule has 1 fully saturated rings. The molecule has 0 radical (unpaired) electrons. The lowest BCUT2D eigenvalue weighted by molar-refractivity contribution is 0.154. The number of anilines is 1. The number of pyridine rings is 1. The standard InChI is InChI=1S/C21H27N7O2/c1-27-11-13-28(14-12-27)10-4-9-24-19-15(5-3-8-23-19)20-25-16-6-2-7-17(18(16)26-20)30-21(22)29/h2-3,5-8H,4,9-14H2,1H3,(H2,22,29)(H,23,24)(H,25,26). The van der Waals surface area contributed by atoms with E-state index in [2.05, 4.69) is 37.1 Å². The average Bonchev–Trinajstić information content (AvgIpc) is 3.18. The van der Waals surface area contributed by atoms with Gasteiger partial charge in [0, 0.05) is 38.9 Å². The molecule has 1 aliphatic heterocycles. The summed E-state index contributed by atoms with van der Waals surface area (Å²) in [6, 6.07) is 9.15. The number of amides is 1. The second-order valence-corrected chi connectivity index (χ2v) is 7.48. The van der Waals surface area contributed by atoms with Crippen molar-refractivity contribution in [3.05, 3.63) is 36.5 Å². The molecule has 1 saturated heterocycles. The Labute approximate surface area is 175 Å². The van der Waals surface area contributed by atoms with Gasteiger partial charge in [-0.3, -0.25) is 0 Å². The van der Waals surface area contributed by atoms with Crippen molar-refractivity contribution in [1.29, 1.82) is 0 Å². The number of fused-ring (bicyclic) bond motifs is 1. The predicted molar refractivity (Wildman–Crippen MR) is 117 cm³/mol. The third-order valence-corrected chi connectivity index (χ3v) is 5.29. The number of aromatic amines is 1. The molecular weight excluding hydrogens is 382 g/mol. The van der Waals surface area contributed by atoms with Crippen molar-refractivity contribution in [3.63, 3.8) is 0 Å². The number of nitrogens with one attached hydrogen (secondary N) is 2. The SMILES string of the molecule is CN1CCN(CCCNc2ncccc2-c2nc3c(OC(N)=O)cccc3[nH]2)CC1. The quantitative estimate of drug-likeness (QED) is 0.513. The molecule has 0 saturated carbocycles. The zero-order valence-electron chi connectivity index (χ0n) is 17.1. The molecule has 9 heteroatoms. The van der Waals surface area contributed by atoms with Crippen LogP contribution in [0.25, 0.3) is 22.4 Å². The molecule has 158 valence electrons. The predicted octanol–water partition coefficient (Wildman–Crippen LogP) is 2.13. The van der Waals surface area contributed by atoms with Crippen molar-refractivity contribution in [2.75, 3.05) is 51.6 Å². The van der Waals surface area contributed by atoms with E-state index in [0.717, 1.165) is 62.6 Å². The van der Waals surface area contributed by atoms with E-state index >= 15 is 0 Å². The second-order valence-electron chi connectivity index (χ2n) is 7.48. The maximum Gasteiger partial charge on any atom is 0.410 e. The molecular formula is C21H27N7O2. The van der Waals surface area contributed by atoms with Gasteiger partial charge in [-0.15, -0.1) is 0 Å². The van der Waals surface area contributed by atoms with Crippen molar-refractivity contribution in [3.8, 4) is 17.1 Å². The van der Waals surface area contributed by atoms with Crippen LogP contribution in [0.4, 0.5) is 10.6 Å². The van der Waals surface area contributed by atoms with Gasteiger partial charge in [0.2, 0.25) is 0 Å². The molecule has 0 spiro atoms. The number of para-hydroxylation sites is 1. The summed E-state index contributed by atoms with van der Waals surface area (Å²) in [7, 11) is 2.17. The van der Waals surface area contributed by atoms with Crippen molar-refractivity contribution in [2.24, 2.45) is 5.73 Å². The van der Waals surface area contributed by atoms with Crippen LogP contribution in [0.5, 0.6) is 5.75 Å². The number of aromatic nitrogens is 3. The molecule has 0 unspecified atom stereocenters. The molecule has 30 heavy (non-hydrogen) atoms. The maximum atomic E-state index is 11.2. The van der Waals surface area contributed by atoms with Crippen molar-refractivity contribution >= 4 is 22.9 Å². The van der Waals surface area contributed by atoms with Gasteiger partial charge in [-0.2, -0.15) is 0 Å². The topological polar surface area (TPSA) is 112 Å². The van der Waals surface area contributed by atoms with Crippen molar-refractivity contribution in [2.45, 2.75) is 6.42 Å². The smallest absolute Gasteiger partial charge is 0.408 e. The molecule has 2 aromatic heterocycles. The van der Waals surface area contributed by atoms with Crippen LogP contribution < -0.4 is 15.8 Å². The Hall–Kier alpha value is -3.17. The number of primary amides is 1. The number of nitrogens with zero attached hydrogens (tertiary/aromatic N) is 4. The lowest BCUT2D eigenvalue weighted by Crippen LogP contribution is -2.44. The molecule has 0 bridgehead atoms. The first-order valence-electron chi connectivity index (χ1n) is 10.2. The fraction of sp³-hybridized carbons (Fsp3) is 0.381. The summed E-state index contributed by atoms with van der Waals surface area (Å²) >= 11 is 0. The minimum absolute atomic E-state index is 0.327. The summed E-state index contributed by atoms with van der Waals surface area (Å²) in [5, 5.41) is 3.44. The van der Waals surface area contributed by atoms with Crippen LogP contribution in [0.1, 0.15) is 6.42 Å². The zero-order chi connectivity index (χ0) is 20.9. The second kappa shape index (κ2) is 9.10. The number of rotatable bonds is 7. The van der Waals surface area contributed by atoms with Gasteiger partial charge in [0.25, 0.3) is 0 Å². The van der Waals surface area contributed by atoms with E-state index in [-0.39, 0.29) is 0 Å². The Morgan fingerprint density at radius 1 is 1.23 bits per heavy atom. The number of carbonyl (C=O) groups excluding carboxylic acids is 1. The highest BCUT2D eigenvalue weighted by molar-refractivity contribution is 5.88. The summed E-state index contributed by atoms with van der Waals surface area (Å²) in [5.41, 5.74) is 7.33. The molecule has 4 N–H and O–H groups in total. The Balaban J connectivity index is 1.45. The number of hydrogen-bond donors (Lipinski definition) is 3. The van der Waals surface area contributed by atoms with Gasteiger partial charge < -0.3 is 30.6 Å². The molecule has 1 aliphatic rings. The average molecular weight is 409 g/mol. The highest BCUT2D eigenvalue weighted by atomic mass is 16.5. The number of nitrogens with two attached hydrogens (primary N) is 1. The lowest BCUT2D eigenvalue weighted by atomic mass is 10.2. The molecule has 1 aromatic carbocycles. The lowest BCUT2D eigenvalue weighted by Gasteiger charge is -2.32. The molecule has 3 aromatic rings. The number of carbonyl (C=O) groups is 1. The number of piperazine rings is 1.